The van der Waals surface area contributed by atoms with E-state index in [4.69, 9.17) is 16.7 Å². The molecule has 1 aliphatic heterocycles. The van der Waals surface area contributed by atoms with E-state index in [0.717, 1.165) is 0 Å². The van der Waals surface area contributed by atoms with Gasteiger partial charge >= 0.3 is 5.97 Å². The van der Waals surface area contributed by atoms with Crippen molar-refractivity contribution in [2.75, 3.05) is 5.75 Å². The van der Waals surface area contributed by atoms with Crippen LogP contribution in [0.4, 0.5) is 0 Å². The normalized spacial score (nSPS) is 22.8. The molecule has 1 aliphatic rings. The Morgan fingerprint density at radius 3 is 2.82 bits per heavy atom. The predicted octanol–water partition coefficient (Wildman–Crippen LogP) is 1.42. The second-order valence-electron chi connectivity index (χ2n) is 4.13. The highest BCUT2D eigenvalue weighted by molar-refractivity contribution is 7.92. The average Bonchev–Trinajstić information content (AvgIpc) is 2.72. The maximum atomic E-state index is 11.7. The molecule has 0 amide bonds. The van der Waals surface area contributed by atoms with Crippen molar-refractivity contribution in [2.24, 2.45) is 0 Å². The van der Waals surface area contributed by atoms with Gasteiger partial charge in [0.25, 0.3) is 0 Å². The molecule has 0 aliphatic carbocycles. The quantitative estimate of drug-likeness (QED) is 0.906. The van der Waals surface area contributed by atoms with Crippen molar-refractivity contribution in [3.63, 3.8) is 0 Å². The van der Waals surface area contributed by atoms with E-state index < -0.39 is 21.1 Å². The molecule has 0 spiro atoms. The molecule has 0 aromatic carbocycles. The van der Waals surface area contributed by atoms with Gasteiger partial charge in [0.15, 0.2) is 9.84 Å². The summed E-state index contributed by atoms with van der Waals surface area (Å²) in [6.07, 6.45) is 2.68. The van der Waals surface area contributed by atoms with Crippen molar-refractivity contribution in [3.05, 3.63) is 23.0 Å². The monoisotopic (exact) mass is 277 g/mol. The molecule has 1 saturated heterocycles. The minimum absolute atomic E-state index is 0.0251. The van der Waals surface area contributed by atoms with E-state index in [1.165, 1.54) is 16.8 Å². The van der Waals surface area contributed by atoms with E-state index in [9.17, 15) is 13.2 Å². The van der Waals surface area contributed by atoms with E-state index >= 15 is 0 Å². The molecular formula is C10H12ClNO4S. The first-order valence-corrected chi connectivity index (χ1v) is 7.30. The second-order valence-corrected chi connectivity index (χ2v) is 6.97. The van der Waals surface area contributed by atoms with Crippen LogP contribution >= 0.6 is 11.6 Å². The lowest BCUT2D eigenvalue weighted by atomic mass is 10.2. The van der Waals surface area contributed by atoms with Crippen LogP contribution in [0.3, 0.4) is 0 Å². The number of nitrogens with zero attached hydrogens (tertiary/aromatic N) is 1. The van der Waals surface area contributed by atoms with Gasteiger partial charge in [0, 0.05) is 12.7 Å². The van der Waals surface area contributed by atoms with Crippen LogP contribution in [0.2, 0.25) is 5.02 Å². The summed E-state index contributed by atoms with van der Waals surface area (Å²) in [6.45, 7) is 0.163. The highest BCUT2D eigenvalue weighted by Crippen LogP contribution is 2.23. The molecule has 17 heavy (non-hydrogen) atoms. The summed E-state index contributed by atoms with van der Waals surface area (Å²) in [4.78, 5) is 10.9. The second kappa shape index (κ2) is 4.34. The van der Waals surface area contributed by atoms with Gasteiger partial charge in [-0.2, -0.15) is 0 Å². The first-order chi connectivity index (χ1) is 7.90. The molecule has 94 valence electrons. The summed E-state index contributed by atoms with van der Waals surface area (Å²) >= 11 is 5.73. The van der Waals surface area contributed by atoms with Crippen LogP contribution in [0.1, 0.15) is 23.3 Å². The van der Waals surface area contributed by atoms with E-state index in [1.807, 2.05) is 0 Å². The molecule has 1 fully saturated rings. The van der Waals surface area contributed by atoms with Gasteiger partial charge < -0.3 is 9.67 Å². The fourth-order valence-corrected chi connectivity index (χ4v) is 4.12. The average molecular weight is 278 g/mol. The first kappa shape index (κ1) is 12.4. The largest absolute Gasteiger partial charge is 0.477 e. The van der Waals surface area contributed by atoms with E-state index in [-0.39, 0.29) is 18.0 Å². The lowest BCUT2D eigenvalue weighted by molar-refractivity contribution is 0.0685. The maximum Gasteiger partial charge on any atom is 0.352 e. The molecule has 0 saturated carbocycles. The van der Waals surface area contributed by atoms with Crippen LogP contribution in [-0.2, 0) is 16.4 Å². The Morgan fingerprint density at radius 2 is 2.29 bits per heavy atom. The summed E-state index contributed by atoms with van der Waals surface area (Å²) in [7, 11) is -3.08. The molecule has 1 aromatic rings. The smallest absolute Gasteiger partial charge is 0.352 e. The third kappa shape index (κ3) is 2.47. The first-order valence-electron chi connectivity index (χ1n) is 5.20. The van der Waals surface area contributed by atoms with Crippen molar-refractivity contribution in [3.8, 4) is 0 Å². The van der Waals surface area contributed by atoms with E-state index in [1.54, 1.807) is 0 Å². The lowest BCUT2D eigenvalue weighted by Crippen LogP contribution is -2.23. The van der Waals surface area contributed by atoms with Crippen molar-refractivity contribution in [2.45, 2.75) is 24.6 Å². The number of halogens is 1. The fourth-order valence-electron chi connectivity index (χ4n) is 2.09. The van der Waals surface area contributed by atoms with Gasteiger partial charge in [0.1, 0.15) is 5.69 Å². The van der Waals surface area contributed by atoms with Gasteiger partial charge in [-0.15, -0.1) is 0 Å². The molecule has 7 heteroatoms. The van der Waals surface area contributed by atoms with Crippen molar-refractivity contribution < 1.29 is 18.3 Å². The summed E-state index contributed by atoms with van der Waals surface area (Å²) in [5.41, 5.74) is 0.0251. The molecule has 2 rings (SSSR count). The third-order valence-corrected chi connectivity index (χ3v) is 5.41. The molecule has 5 nitrogen and oxygen atoms in total. The summed E-state index contributed by atoms with van der Waals surface area (Å²) in [5, 5.41) is 8.76. The van der Waals surface area contributed by atoms with Crippen LogP contribution in [0.5, 0.6) is 0 Å². The van der Waals surface area contributed by atoms with Crippen LogP contribution in [0, 0.1) is 0 Å². The Hall–Kier alpha value is -1.01. The van der Waals surface area contributed by atoms with Crippen molar-refractivity contribution >= 4 is 27.4 Å². The standard InChI is InChI=1S/C10H12ClNO4S/c11-7-4-9(10(13)14)12(5-7)6-8-2-1-3-17(8,15)16/h4-5,8H,1-3,6H2,(H,13,14). The molecule has 0 radical (unpaired) electrons. The zero-order valence-corrected chi connectivity index (χ0v) is 10.5. The van der Waals surface area contributed by atoms with Gasteiger partial charge in [-0.25, -0.2) is 13.2 Å². The number of hydrogen-bond acceptors (Lipinski definition) is 3. The van der Waals surface area contributed by atoms with Gasteiger partial charge in [0.2, 0.25) is 0 Å². The number of aromatic carboxylic acids is 1. The molecule has 2 heterocycles. The number of aromatic nitrogens is 1. The Kier molecular flexibility index (Phi) is 3.18. The van der Waals surface area contributed by atoms with E-state index in [0.29, 0.717) is 17.9 Å². The highest BCUT2D eigenvalue weighted by Gasteiger charge is 2.32. The number of sulfone groups is 1. The summed E-state index contributed by atoms with van der Waals surface area (Å²) in [5.74, 6) is -0.915. The molecule has 1 unspecified atom stereocenters. The summed E-state index contributed by atoms with van der Waals surface area (Å²) in [6, 6.07) is 1.32. The van der Waals surface area contributed by atoms with Crippen molar-refractivity contribution in [1.29, 1.82) is 0 Å². The predicted molar refractivity (Wildman–Crippen MR) is 63.2 cm³/mol. The number of carboxylic acid groups (broad SMARTS) is 1. The molecule has 1 aromatic heterocycles. The molecule has 1 atom stereocenters. The van der Waals surface area contributed by atoms with Crippen LogP contribution < -0.4 is 0 Å². The lowest BCUT2D eigenvalue weighted by Gasteiger charge is -2.11. The number of hydrogen-bond donors (Lipinski definition) is 1. The van der Waals surface area contributed by atoms with Gasteiger partial charge in [-0.1, -0.05) is 11.6 Å². The number of carboxylic acids is 1. The zero-order chi connectivity index (χ0) is 12.6. The number of rotatable bonds is 3. The SMILES string of the molecule is O=C(O)c1cc(Cl)cn1CC1CCCS1(=O)=O. The van der Waals surface area contributed by atoms with Crippen LogP contribution in [-0.4, -0.2) is 35.1 Å². The van der Waals surface area contributed by atoms with Crippen LogP contribution in [0.15, 0.2) is 12.3 Å². The Bertz CT molecular complexity index is 549. The fraction of sp³-hybridized carbons (Fsp3) is 0.500. The minimum Gasteiger partial charge on any atom is -0.477 e. The van der Waals surface area contributed by atoms with E-state index in [2.05, 4.69) is 0 Å². The molecule has 0 bridgehead atoms. The van der Waals surface area contributed by atoms with Gasteiger partial charge in [0.05, 0.1) is 16.0 Å². The highest BCUT2D eigenvalue weighted by atomic mass is 35.5. The third-order valence-electron chi connectivity index (χ3n) is 2.95. The van der Waals surface area contributed by atoms with Gasteiger partial charge in [-0.3, -0.25) is 0 Å². The van der Waals surface area contributed by atoms with Gasteiger partial charge in [-0.05, 0) is 18.9 Å². The molecular weight excluding hydrogens is 266 g/mol. The Labute approximate surface area is 104 Å². The topological polar surface area (TPSA) is 76.4 Å². The van der Waals surface area contributed by atoms with Crippen LogP contribution in [0.25, 0.3) is 0 Å². The minimum atomic E-state index is -3.08. The Balaban J connectivity index is 2.27. The van der Waals surface area contributed by atoms with Crippen molar-refractivity contribution in [1.82, 2.24) is 4.57 Å². The summed E-state index contributed by atoms with van der Waals surface area (Å²) < 4.78 is 24.7. The Morgan fingerprint density at radius 1 is 1.59 bits per heavy atom. The maximum absolute atomic E-state index is 11.7. The molecule has 1 N–H and O–H groups in total. The zero-order valence-electron chi connectivity index (χ0n) is 8.97. The number of carbonyl (C=O) groups is 1.